The fourth-order valence-corrected chi connectivity index (χ4v) is 4.79. The quantitative estimate of drug-likeness (QED) is 0.377. The number of carbonyl (C=O) groups excluding carboxylic acids is 1. The van der Waals surface area contributed by atoms with Gasteiger partial charge in [-0.3, -0.25) is 4.79 Å². The molecule has 1 amide bonds. The number of aromatic nitrogens is 3. The Morgan fingerprint density at radius 3 is 2.58 bits per heavy atom. The van der Waals surface area contributed by atoms with E-state index in [4.69, 9.17) is 16.6 Å². The molecule has 1 aliphatic rings. The van der Waals surface area contributed by atoms with E-state index >= 15 is 0 Å². The van der Waals surface area contributed by atoms with Gasteiger partial charge in [-0.05, 0) is 40.4 Å². The van der Waals surface area contributed by atoms with Gasteiger partial charge in [-0.1, -0.05) is 60.1 Å². The van der Waals surface area contributed by atoms with Gasteiger partial charge in [0.05, 0.1) is 22.8 Å². The molecule has 2 aromatic carbocycles. The third-order valence-corrected chi connectivity index (χ3v) is 6.87. The molecule has 6 nitrogen and oxygen atoms in total. The van der Waals surface area contributed by atoms with Crippen molar-refractivity contribution < 1.29 is 4.79 Å². The smallest absolute Gasteiger partial charge is 0.226 e. The van der Waals surface area contributed by atoms with Gasteiger partial charge in [-0.15, -0.1) is 0 Å². The maximum Gasteiger partial charge on any atom is 0.226 e. The highest BCUT2D eigenvalue weighted by Gasteiger charge is 2.24. The molecule has 1 fully saturated rings. The molecule has 0 aliphatic carbocycles. The van der Waals surface area contributed by atoms with Gasteiger partial charge in [0.1, 0.15) is 5.82 Å². The molecule has 168 valence electrons. The summed E-state index contributed by atoms with van der Waals surface area (Å²) in [4.78, 5) is 19.4. The lowest BCUT2D eigenvalue weighted by molar-refractivity contribution is -0.131. The molecule has 0 spiro atoms. The Morgan fingerprint density at radius 2 is 1.82 bits per heavy atom. The number of likely N-dealkylation sites (tertiary alicyclic amines) is 1. The SMILES string of the molecule is O=C(Cc1ccccc1)N1CCC(Nc2cc(-c3ccccc3Cl)nc3c(Br)cnn23)CC1. The molecule has 1 N–H and O–H groups in total. The average molecular weight is 525 g/mol. The van der Waals surface area contributed by atoms with Crippen molar-refractivity contribution in [3.63, 3.8) is 0 Å². The number of piperidine rings is 1. The second-order valence-electron chi connectivity index (χ2n) is 8.20. The van der Waals surface area contributed by atoms with E-state index in [1.807, 2.05) is 65.6 Å². The van der Waals surface area contributed by atoms with Gasteiger partial charge < -0.3 is 10.2 Å². The molecule has 2 aromatic heterocycles. The predicted molar refractivity (Wildman–Crippen MR) is 135 cm³/mol. The molecule has 0 unspecified atom stereocenters. The van der Waals surface area contributed by atoms with Crippen LogP contribution in [0.3, 0.4) is 0 Å². The first-order valence-corrected chi connectivity index (χ1v) is 12.1. The first-order chi connectivity index (χ1) is 16.1. The molecule has 0 saturated carbocycles. The summed E-state index contributed by atoms with van der Waals surface area (Å²) in [6.45, 7) is 1.47. The van der Waals surface area contributed by atoms with Crippen molar-refractivity contribution in [2.45, 2.75) is 25.3 Å². The summed E-state index contributed by atoms with van der Waals surface area (Å²) in [5, 5.41) is 8.77. The van der Waals surface area contributed by atoms with Gasteiger partial charge >= 0.3 is 0 Å². The second-order valence-corrected chi connectivity index (χ2v) is 9.46. The summed E-state index contributed by atoms with van der Waals surface area (Å²) in [5.41, 5.74) is 3.44. The van der Waals surface area contributed by atoms with Crippen LogP contribution in [-0.2, 0) is 11.2 Å². The van der Waals surface area contributed by atoms with Crippen molar-refractivity contribution >= 4 is 44.9 Å². The zero-order chi connectivity index (χ0) is 22.8. The molecular weight excluding hydrogens is 502 g/mol. The number of fused-ring (bicyclic) bond motifs is 1. The summed E-state index contributed by atoms with van der Waals surface area (Å²) >= 11 is 9.99. The molecule has 5 rings (SSSR count). The number of hydrogen-bond donors (Lipinski definition) is 1. The van der Waals surface area contributed by atoms with Crippen LogP contribution in [0.15, 0.2) is 71.3 Å². The number of rotatable bonds is 5. The van der Waals surface area contributed by atoms with Gasteiger partial charge in [0.25, 0.3) is 0 Å². The minimum atomic E-state index is 0.183. The van der Waals surface area contributed by atoms with Crippen molar-refractivity contribution in [3.05, 3.63) is 81.9 Å². The Labute approximate surface area is 205 Å². The third-order valence-electron chi connectivity index (χ3n) is 5.98. The molecule has 0 atom stereocenters. The molecule has 0 bridgehead atoms. The first-order valence-electron chi connectivity index (χ1n) is 11.0. The number of halogens is 2. The minimum Gasteiger partial charge on any atom is -0.367 e. The van der Waals surface area contributed by atoms with Crippen molar-refractivity contribution in [3.8, 4) is 11.3 Å². The van der Waals surface area contributed by atoms with Gasteiger partial charge in [0, 0.05) is 35.8 Å². The predicted octanol–water partition coefficient (Wildman–Crippen LogP) is 5.46. The number of nitrogens with zero attached hydrogens (tertiary/aromatic N) is 4. The monoisotopic (exact) mass is 523 g/mol. The van der Waals surface area contributed by atoms with Crippen LogP contribution in [0.5, 0.6) is 0 Å². The highest BCUT2D eigenvalue weighted by atomic mass is 79.9. The number of amides is 1. The minimum absolute atomic E-state index is 0.183. The van der Waals surface area contributed by atoms with Gasteiger partial charge in [-0.2, -0.15) is 9.61 Å². The van der Waals surface area contributed by atoms with Gasteiger partial charge in [-0.25, -0.2) is 4.98 Å². The number of nitrogens with one attached hydrogen (secondary N) is 1. The number of carbonyl (C=O) groups is 1. The fraction of sp³-hybridized carbons (Fsp3) is 0.240. The standard InChI is InChI=1S/C25H23BrClN5O/c26-20-16-28-32-23(15-22(30-25(20)32)19-8-4-5-9-21(19)27)29-18-10-12-31(13-11-18)24(33)14-17-6-2-1-3-7-17/h1-9,15-16,18,29H,10-14H2. The lowest BCUT2D eigenvalue weighted by atomic mass is 10.0. The zero-order valence-corrected chi connectivity index (χ0v) is 20.3. The Kier molecular flexibility index (Phi) is 6.33. The lowest BCUT2D eigenvalue weighted by Gasteiger charge is -2.33. The second kappa shape index (κ2) is 9.53. The highest BCUT2D eigenvalue weighted by Crippen LogP contribution is 2.31. The first kappa shape index (κ1) is 21.9. The van der Waals surface area contributed by atoms with E-state index in [1.54, 1.807) is 10.7 Å². The number of benzene rings is 2. The van der Waals surface area contributed by atoms with E-state index in [1.165, 1.54) is 0 Å². The Morgan fingerprint density at radius 1 is 1.09 bits per heavy atom. The summed E-state index contributed by atoms with van der Waals surface area (Å²) in [6, 6.07) is 19.8. The van der Waals surface area contributed by atoms with Crippen LogP contribution in [0.2, 0.25) is 5.02 Å². The van der Waals surface area contributed by atoms with E-state index in [0.717, 1.165) is 58.7 Å². The fourth-order valence-electron chi connectivity index (χ4n) is 4.21. The summed E-state index contributed by atoms with van der Waals surface area (Å²) < 4.78 is 2.62. The van der Waals surface area contributed by atoms with Crippen LogP contribution in [0.1, 0.15) is 18.4 Å². The van der Waals surface area contributed by atoms with E-state index in [-0.39, 0.29) is 11.9 Å². The van der Waals surface area contributed by atoms with Crippen molar-refractivity contribution in [1.82, 2.24) is 19.5 Å². The van der Waals surface area contributed by atoms with E-state index in [0.29, 0.717) is 11.4 Å². The van der Waals surface area contributed by atoms with Crippen LogP contribution >= 0.6 is 27.5 Å². The Bertz CT molecular complexity index is 1280. The molecule has 33 heavy (non-hydrogen) atoms. The third kappa shape index (κ3) is 4.75. The average Bonchev–Trinajstić information content (AvgIpc) is 3.21. The summed E-state index contributed by atoms with van der Waals surface area (Å²) in [5.74, 6) is 1.04. The molecule has 4 aromatic rings. The van der Waals surface area contributed by atoms with Crippen molar-refractivity contribution in [1.29, 1.82) is 0 Å². The van der Waals surface area contributed by atoms with E-state index in [2.05, 4.69) is 26.3 Å². The molecular formula is C25H23BrClN5O. The van der Waals surface area contributed by atoms with Crippen LogP contribution in [0.25, 0.3) is 16.9 Å². The normalized spacial score (nSPS) is 14.5. The van der Waals surface area contributed by atoms with Crippen molar-refractivity contribution in [2.24, 2.45) is 0 Å². The van der Waals surface area contributed by atoms with Crippen LogP contribution < -0.4 is 5.32 Å². The maximum absolute atomic E-state index is 12.7. The molecule has 0 radical (unpaired) electrons. The Balaban J connectivity index is 1.32. The molecule has 1 aliphatic heterocycles. The largest absolute Gasteiger partial charge is 0.367 e. The summed E-state index contributed by atoms with van der Waals surface area (Å²) in [7, 11) is 0. The van der Waals surface area contributed by atoms with Gasteiger partial charge in [0.2, 0.25) is 5.91 Å². The van der Waals surface area contributed by atoms with Crippen LogP contribution in [0, 0.1) is 0 Å². The van der Waals surface area contributed by atoms with E-state index in [9.17, 15) is 4.79 Å². The zero-order valence-electron chi connectivity index (χ0n) is 17.9. The molecule has 1 saturated heterocycles. The molecule has 8 heteroatoms. The number of hydrogen-bond acceptors (Lipinski definition) is 4. The van der Waals surface area contributed by atoms with Crippen LogP contribution in [0.4, 0.5) is 5.82 Å². The highest BCUT2D eigenvalue weighted by molar-refractivity contribution is 9.10. The summed E-state index contributed by atoms with van der Waals surface area (Å²) in [6.07, 6.45) is 3.93. The van der Waals surface area contributed by atoms with Crippen LogP contribution in [-0.4, -0.2) is 44.5 Å². The topological polar surface area (TPSA) is 62.5 Å². The maximum atomic E-state index is 12.7. The Hall–Kier alpha value is -2.90. The number of anilines is 1. The van der Waals surface area contributed by atoms with E-state index < -0.39 is 0 Å². The van der Waals surface area contributed by atoms with Gasteiger partial charge in [0.15, 0.2) is 5.65 Å². The lowest BCUT2D eigenvalue weighted by Crippen LogP contribution is -2.43. The van der Waals surface area contributed by atoms with Crippen molar-refractivity contribution in [2.75, 3.05) is 18.4 Å². The molecule has 3 heterocycles.